The van der Waals surface area contributed by atoms with Gasteiger partial charge in [-0.2, -0.15) is 24.5 Å². The van der Waals surface area contributed by atoms with E-state index < -0.39 is 23.4 Å². The Morgan fingerprint density at radius 1 is 1.35 bits per heavy atom. The van der Waals surface area contributed by atoms with Crippen LogP contribution in [0.5, 0.6) is 0 Å². The average molecular weight is 267 g/mol. The third-order valence-electron chi connectivity index (χ3n) is 2.60. The number of alkyl halides is 3. The highest BCUT2D eigenvalue weighted by atomic mass is 32.1. The molecule has 6 heteroatoms. The Balaban J connectivity index is 3.05. The lowest BCUT2D eigenvalue weighted by Crippen LogP contribution is -2.39. The Morgan fingerprint density at radius 3 is 2.41 bits per heavy atom. The first kappa shape index (κ1) is 14.5. The van der Waals surface area contributed by atoms with Crippen molar-refractivity contribution in [1.29, 1.82) is 0 Å². The van der Waals surface area contributed by atoms with E-state index in [0.717, 1.165) is 16.7 Å². The van der Waals surface area contributed by atoms with Crippen molar-refractivity contribution >= 4 is 11.3 Å². The van der Waals surface area contributed by atoms with E-state index >= 15 is 0 Å². The molecule has 0 saturated carbocycles. The molecule has 17 heavy (non-hydrogen) atoms. The van der Waals surface area contributed by atoms with Crippen molar-refractivity contribution in [2.75, 3.05) is 6.61 Å². The molecule has 0 saturated heterocycles. The lowest BCUT2D eigenvalue weighted by Gasteiger charge is -2.32. The number of nitrogens with two attached hydrogens (primary N) is 1. The van der Waals surface area contributed by atoms with Gasteiger partial charge >= 0.3 is 6.18 Å². The standard InChI is InChI=1S/C11H16F3NOS/c1-4-16-10(2,3)9(15)7-5-17-6-8(7)11(12,13)14/h5-6,9H,4,15H2,1-3H3. The van der Waals surface area contributed by atoms with Crippen LogP contribution < -0.4 is 5.73 Å². The van der Waals surface area contributed by atoms with Gasteiger partial charge in [-0.25, -0.2) is 0 Å². The molecule has 0 aromatic carbocycles. The molecular weight excluding hydrogens is 251 g/mol. The molecule has 0 spiro atoms. The van der Waals surface area contributed by atoms with Crippen LogP contribution in [0.15, 0.2) is 10.8 Å². The molecule has 0 amide bonds. The van der Waals surface area contributed by atoms with Crippen LogP contribution in [0.2, 0.25) is 0 Å². The van der Waals surface area contributed by atoms with Crippen LogP contribution in [0.25, 0.3) is 0 Å². The van der Waals surface area contributed by atoms with E-state index in [1.165, 1.54) is 5.38 Å². The first-order valence-electron chi connectivity index (χ1n) is 5.23. The van der Waals surface area contributed by atoms with Gasteiger partial charge in [-0.3, -0.25) is 0 Å². The van der Waals surface area contributed by atoms with Crippen LogP contribution in [0.3, 0.4) is 0 Å². The maximum Gasteiger partial charge on any atom is 0.417 e. The maximum absolute atomic E-state index is 12.7. The average Bonchev–Trinajstić information content (AvgIpc) is 2.63. The minimum absolute atomic E-state index is 0.0981. The van der Waals surface area contributed by atoms with Crippen molar-refractivity contribution in [2.24, 2.45) is 5.73 Å². The van der Waals surface area contributed by atoms with Crippen LogP contribution in [0, 0.1) is 0 Å². The van der Waals surface area contributed by atoms with Crippen molar-refractivity contribution in [2.45, 2.75) is 38.6 Å². The number of hydrogen-bond donors (Lipinski definition) is 1. The first-order chi connectivity index (χ1) is 7.70. The summed E-state index contributed by atoms with van der Waals surface area (Å²) in [7, 11) is 0. The quantitative estimate of drug-likeness (QED) is 0.905. The van der Waals surface area contributed by atoms with Crippen molar-refractivity contribution in [3.63, 3.8) is 0 Å². The molecule has 0 aliphatic carbocycles. The maximum atomic E-state index is 12.7. The Kier molecular flexibility index (Phi) is 4.22. The smallest absolute Gasteiger partial charge is 0.374 e. The molecular formula is C11H16F3NOS. The molecule has 0 fully saturated rings. The summed E-state index contributed by atoms with van der Waals surface area (Å²) >= 11 is 1.00. The normalized spacial score (nSPS) is 15.0. The summed E-state index contributed by atoms with van der Waals surface area (Å²) in [5, 5.41) is 2.52. The van der Waals surface area contributed by atoms with Crippen molar-refractivity contribution in [3.05, 3.63) is 21.9 Å². The van der Waals surface area contributed by atoms with E-state index in [9.17, 15) is 13.2 Å². The van der Waals surface area contributed by atoms with Gasteiger partial charge in [-0.15, -0.1) is 0 Å². The number of halogens is 3. The molecule has 2 nitrogen and oxygen atoms in total. The minimum Gasteiger partial charge on any atom is -0.374 e. The second-order valence-electron chi connectivity index (χ2n) is 4.25. The molecule has 1 aromatic rings. The fourth-order valence-corrected chi connectivity index (χ4v) is 2.51. The molecule has 1 atom stereocenters. The first-order valence-corrected chi connectivity index (χ1v) is 6.17. The van der Waals surface area contributed by atoms with Gasteiger partial charge in [0.05, 0.1) is 17.2 Å². The van der Waals surface area contributed by atoms with Crippen LogP contribution in [0.4, 0.5) is 13.2 Å². The topological polar surface area (TPSA) is 35.2 Å². The van der Waals surface area contributed by atoms with Crippen LogP contribution >= 0.6 is 11.3 Å². The van der Waals surface area contributed by atoms with Gasteiger partial charge in [-0.05, 0) is 31.7 Å². The van der Waals surface area contributed by atoms with E-state index in [1.807, 2.05) is 0 Å². The zero-order valence-corrected chi connectivity index (χ0v) is 10.8. The zero-order chi connectivity index (χ0) is 13.3. The predicted molar refractivity (Wildman–Crippen MR) is 62.0 cm³/mol. The van der Waals surface area contributed by atoms with Gasteiger partial charge in [0, 0.05) is 12.0 Å². The van der Waals surface area contributed by atoms with Gasteiger partial charge in [0.2, 0.25) is 0 Å². The van der Waals surface area contributed by atoms with Crippen LogP contribution in [0.1, 0.15) is 37.9 Å². The minimum atomic E-state index is -4.37. The van der Waals surface area contributed by atoms with E-state index in [2.05, 4.69) is 0 Å². The van der Waals surface area contributed by atoms with Crippen LogP contribution in [-0.2, 0) is 10.9 Å². The van der Waals surface area contributed by atoms with E-state index in [0.29, 0.717) is 6.61 Å². The lowest BCUT2D eigenvalue weighted by atomic mass is 9.91. The van der Waals surface area contributed by atoms with Crippen molar-refractivity contribution in [1.82, 2.24) is 0 Å². The molecule has 1 rings (SSSR count). The summed E-state index contributed by atoms with van der Waals surface area (Å²) in [6.45, 7) is 5.58. The largest absolute Gasteiger partial charge is 0.417 e. The number of ether oxygens (including phenoxy) is 1. The summed E-state index contributed by atoms with van der Waals surface area (Å²) in [5.74, 6) is 0. The second kappa shape index (κ2) is 4.96. The molecule has 1 unspecified atom stereocenters. The Hall–Kier alpha value is -0.590. The van der Waals surface area contributed by atoms with Crippen LogP contribution in [-0.4, -0.2) is 12.2 Å². The molecule has 1 heterocycles. The third-order valence-corrected chi connectivity index (χ3v) is 3.36. The van der Waals surface area contributed by atoms with Gasteiger partial charge in [0.15, 0.2) is 0 Å². The summed E-state index contributed by atoms with van der Waals surface area (Å²) in [6, 6.07) is -0.801. The molecule has 98 valence electrons. The zero-order valence-electron chi connectivity index (χ0n) is 9.97. The highest BCUT2D eigenvalue weighted by Crippen LogP contribution is 2.39. The molecule has 0 radical (unpaired) electrons. The second-order valence-corrected chi connectivity index (χ2v) is 5.00. The van der Waals surface area contributed by atoms with Gasteiger partial charge in [0.1, 0.15) is 0 Å². The SMILES string of the molecule is CCOC(C)(C)C(N)c1cscc1C(F)(F)F. The third kappa shape index (κ3) is 3.20. The molecule has 1 aromatic heterocycles. The number of thiophene rings is 1. The van der Waals surface area contributed by atoms with Gasteiger partial charge in [0.25, 0.3) is 0 Å². The summed E-state index contributed by atoms with van der Waals surface area (Å²) in [4.78, 5) is 0. The molecule has 0 aliphatic heterocycles. The summed E-state index contributed by atoms with van der Waals surface area (Å²) in [6.07, 6.45) is -4.37. The molecule has 0 aliphatic rings. The Morgan fingerprint density at radius 2 is 1.94 bits per heavy atom. The van der Waals surface area contributed by atoms with Gasteiger partial charge in [-0.1, -0.05) is 0 Å². The molecule has 2 N–H and O–H groups in total. The summed E-state index contributed by atoms with van der Waals surface area (Å²) in [5.41, 5.74) is 4.49. The van der Waals surface area contributed by atoms with E-state index in [-0.39, 0.29) is 5.56 Å². The fourth-order valence-electron chi connectivity index (χ4n) is 1.61. The van der Waals surface area contributed by atoms with Crippen molar-refractivity contribution in [3.8, 4) is 0 Å². The number of rotatable bonds is 4. The predicted octanol–water partition coefficient (Wildman–Crippen LogP) is 3.58. The Bertz CT molecular complexity index is 373. The van der Waals surface area contributed by atoms with E-state index in [4.69, 9.17) is 10.5 Å². The summed E-state index contributed by atoms with van der Waals surface area (Å²) < 4.78 is 43.6. The Labute approximate surface area is 103 Å². The highest BCUT2D eigenvalue weighted by Gasteiger charge is 2.39. The van der Waals surface area contributed by atoms with Crippen molar-refractivity contribution < 1.29 is 17.9 Å². The molecule has 0 bridgehead atoms. The lowest BCUT2D eigenvalue weighted by molar-refractivity contribution is -0.138. The monoisotopic (exact) mass is 267 g/mol. The highest BCUT2D eigenvalue weighted by molar-refractivity contribution is 7.08. The number of hydrogen-bond acceptors (Lipinski definition) is 3. The van der Waals surface area contributed by atoms with Gasteiger partial charge < -0.3 is 10.5 Å². The van der Waals surface area contributed by atoms with E-state index in [1.54, 1.807) is 20.8 Å². The fraction of sp³-hybridized carbons (Fsp3) is 0.636.